The maximum atomic E-state index is 12.1. The van der Waals surface area contributed by atoms with Crippen LogP contribution in [0.2, 0.25) is 0 Å². The van der Waals surface area contributed by atoms with Crippen LogP contribution in [0.3, 0.4) is 0 Å². The largest absolute Gasteiger partial charge is 0.339 e. The van der Waals surface area contributed by atoms with Gasteiger partial charge in [-0.1, -0.05) is 5.16 Å². The number of rotatable bonds is 4. The van der Waals surface area contributed by atoms with Crippen LogP contribution < -0.4 is 5.32 Å². The maximum absolute atomic E-state index is 12.1. The van der Waals surface area contributed by atoms with E-state index in [9.17, 15) is 4.79 Å². The highest BCUT2D eigenvalue weighted by atomic mass is 16.5. The molecule has 8 heteroatoms. The molecule has 2 aromatic heterocycles. The zero-order valence-electron chi connectivity index (χ0n) is 14.0. The third-order valence-electron chi connectivity index (χ3n) is 3.94. The van der Waals surface area contributed by atoms with Crippen molar-refractivity contribution in [3.05, 3.63) is 24.5 Å². The second-order valence-electron chi connectivity index (χ2n) is 6.36. The maximum Gasteiger partial charge on any atom is 0.317 e. The summed E-state index contributed by atoms with van der Waals surface area (Å²) in [6.45, 7) is 5.43. The van der Waals surface area contributed by atoms with Crippen LogP contribution in [0.4, 0.5) is 4.79 Å². The van der Waals surface area contributed by atoms with Gasteiger partial charge in [-0.25, -0.2) is 9.78 Å². The lowest BCUT2D eigenvalue weighted by Gasteiger charge is -2.32. The quantitative estimate of drug-likeness (QED) is 0.919. The van der Waals surface area contributed by atoms with Gasteiger partial charge in [-0.05, 0) is 32.6 Å². The minimum Gasteiger partial charge on any atom is -0.339 e. The molecule has 0 spiro atoms. The summed E-state index contributed by atoms with van der Waals surface area (Å²) in [5.41, 5.74) is 0.592. The highest BCUT2D eigenvalue weighted by Crippen LogP contribution is 2.21. The van der Waals surface area contributed by atoms with Crippen molar-refractivity contribution in [3.8, 4) is 11.5 Å². The molecule has 0 aromatic carbocycles. The molecule has 0 saturated carbocycles. The molecule has 3 rings (SSSR count). The van der Waals surface area contributed by atoms with Crippen LogP contribution in [0.25, 0.3) is 11.5 Å². The average molecular weight is 330 g/mol. The Kier molecular flexibility index (Phi) is 5.02. The molecule has 0 radical (unpaired) electrons. The Balaban J connectivity index is 1.60. The zero-order chi connectivity index (χ0) is 16.9. The molecule has 1 aliphatic heterocycles. The third-order valence-corrected chi connectivity index (χ3v) is 3.94. The van der Waals surface area contributed by atoms with E-state index in [1.54, 1.807) is 18.6 Å². The molecular formula is C16H22N6O2. The van der Waals surface area contributed by atoms with E-state index in [0.717, 1.165) is 19.4 Å². The molecule has 24 heavy (non-hydrogen) atoms. The Labute approximate surface area is 140 Å². The molecule has 2 aromatic rings. The molecule has 3 heterocycles. The van der Waals surface area contributed by atoms with Crippen LogP contribution in [-0.4, -0.2) is 50.2 Å². The van der Waals surface area contributed by atoms with E-state index in [0.29, 0.717) is 36.3 Å². The highest BCUT2D eigenvalue weighted by molar-refractivity contribution is 5.74. The molecule has 128 valence electrons. The van der Waals surface area contributed by atoms with Crippen molar-refractivity contribution in [2.45, 2.75) is 39.2 Å². The van der Waals surface area contributed by atoms with Gasteiger partial charge in [-0.15, -0.1) is 0 Å². The summed E-state index contributed by atoms with van der Waals surface area (Å²) in [5.74, 6) is 1.35. The summed E-state index contributed by atoms with van der Waals surface area (Å²) < 4.78 is 5.33. The summed E-state index contributed by atoms with van der Waals surface area (Å²) in [6.07, 6.45) is 7.50. The number of piperidine rings is 1. The van der Waals surface area contributed by atoms with Crippen molar-refractivity contribution in [2.24, 2.45) is 5.92 Å². The molecule has 0 aliphatic carbocycles. The summed E-state index contributed by atoms with van der Waals surface area (Å²) in [4.78, 5) is 26.6. The van der Waals surface area contributed by atoms with Crippen molar-refractivity contribution in [3.63, 3.8) is 0 Å². The van der Waals surface area contributed by atoms with Gasteiger partial charge in [0.2, 0.25) is 11.7 Å². The van der Waals surface area contributed by atoms with Crippen LogP contribution in [0.5, 0.6) is 0 Å². The van der Waals surface area contributed by atoms with Crippen molar-refractivity contribution < 1.29 is 9.32 Å². The summed E-state index contributed by atoms with van der Waals surface area (Å²) >= 11 is 0. The lowest BCUT2D eigenvalue weighted by molar-refractivity contribution is 0.159. The van der Waals surface area contributed by atoms with E-state index in [2.05, 4.69) is 25.4 Å². The normalized spacial score (nSPS) is 18.0. The Hall–Kier alpha value is -2.51. The molecule has 1 N–H and O–H groups in total. The third kappa shape index (κ3) is 4.06. The number of hydrogen-bond acceptors (Lipinski definition) is 6. The van der Waals surface area contributed by atoms with Gasteiger partial charge in [-0.3, -0.25) is 4.98 Å². The fraction of sp³-hybridized carbons (Fsp3) is 0.562. The fourth-order valence-electron chi connectivity index (χ4n) is 2.86. The van der Waals surface area contributed by atoms with Crippen LogP contribution in [-0.2, 0) is 6.42 Å². The van der Waals surface area contributed by atoms with E-state index in [-0.39, 0.29) is 12.1 Å². The summed E-state index contributed by atoms with van der Waals surface area (Å²) in [5, 5.41) is 6.91. The first-order valence-corrected chi connectivity index (χ1v) is 8.26. The summed E-state index contributed by atoms with van der Waals surface area (Å²) in [7, 11) is 0. The van der Waals surface area contributed by atoms with Gasteiger partial charge >= 0.3 is 6.03 Å². The average Bonchev–Trinajstić information content (AvgIpc) is 3.04. The Bertz CT molecular complexity index is 672. The monoisotopic (exact) mass is 330 g/mol. The number of carbonyl (C=O) groups is 1. The van der Waals surface area contributed by atoms with Crippen LogP contribution in [0, 0.1) is 5.92 Å². The van der Waals surface area contributed by atoms with Crippen molar-refractivity contribution in [1.82, 2.24) is 30.3 Å². The number of carbonyl (C=O) groups excluding carboxylic acids is 1. The van der Waals surface area contributed by atoms with E-state index in [4.69, 9.17) is 4.52 Å². The SMILES string of the molecule is CC(C)NC(=O)N1CCCC(Cc2nc(-c3cnccn3)no2)C1. The van der Waals surface area contributed by atoms with Gasteiger partial charge in [0.05, 0.1) is 6.20 Å². The number of hydrogen-bond donors (Lipinski definition) is 1. The predicted molar refractivity (Wildman–Crippen MR) is 87.0 cm³/mol. The van der Waals surface area contributed by atoms with Crippen LogP contribution >= 0.6 is 0 Å². The molecule has 1 saturated heterocycles. The molecule has 0 bridgehead atoms. The van der Waals surface area contributed by atoms with Crippen molar-refractivity contribution >= 4 is 6.03 Å². The molecule has 8 nitrogen and oxygen atoms in total. The number of amides is 2. The van der Waals surface area contributed by atoms with Gasteiger partial charge in [-0.2, -0.15) is 4.98 Å². The van der Waals surface area contributed by atoms with E-state index in [1.165, 1.54) is 0 Å². The topological polar surface area (TPSA) is 97.0 Å². The highest BCUT2D eigenvalue weighted by Gasteiger charge is 2.25. The van der Waals surface area contributed by atoms with Gasteiger partial charge in [0.25, 0.3) is 0 Å². The lowest BCUT2D eigenvalue weighted by Crippen LogP contribution is -2.47. The second kappa shape index (κ2) is 7.37. The van der Waals surface area contributed by atoms with Gasteiger partial charge in [0, 0.05) is 37.9 Å². The Morgan fingerprint density at radius 2 is 2.33 bits per heavy atom. The van der Waals surface area contributed by atoms with Gasteiger partial charge in [0.15, 0.2) is 0 Å². The fourth-order valence-corrected chi connectivity index (χ4v) is 2.86. The predicted octanol–water partition coefficient (Wildman–Crippen LogP) is 1.90. The smallest absolute Gasteiger partial charge is 0.317 e. The first kappa shape index (κ1) is 16.4. The van der Waals surface area contributed by atoms with Gasteiger partial charge < -0.3 is 14.7 Å². The second-order valence-corrected chi connectivity index (χ2v) is 6.36. The molecule has 2 amide bonds. The molecule has 1 unspecified atom stereocenters. The van der Waals surface area contributed by atoms with Crippen LogP contribution in [0.1, 0.15) is 32.6 Å². The van der Waals surface area contributed by atoms with Crippen molar-refractivity contribution in [1.29, 1.82) is 0 Å². The molecule has 1 atom stereocenters. The first-order chi connectivity index (χ1) is 11.6. The van der Waals surface area contributed by atoms with Crippen molar-refractivity contribution in [2.75, 3.05) is 13.1 Å². The number of likely N-dealkylation sites (tertiary alicyclic amines) is 1. The standard InChI is InChI=1S/C16H22N6O2/c1-11(2)19-16(23)22-7-3-4-12(10-22)8-14-20-15(21-24-14)13-9-17-5-6-18-13/h5-6,9,11-12H,3-4,7-8,10H2,1-2H3,(H,19,23). The summed E-state index contributed by atoms with van der Waals surface area (Å²) in [6, 6.07) is 0.142. The van der Waals surface area contributed by atoms with E-state index >= 15 is 0 Å². The number of nitrogens with zero attached hydrogens (tertiary/aromatic N) is 5. The first-order valence-electron chi connectivity index (χ1n) is 8.26. The number of nitrogens with one attached hydrogen (secondary N) is 1. The molecule has 1 aliphatic rings. The minimum absolute atomic E-state index is 0.000443. The molecule has 1 fully saturated rings. The van der Waals surface area contributed by atoms with Crippen LogP contribution in [0.15, 0.2) is 23.1 Å². The van der Waals surface area contributed by atoms with E-state index in [1.807, 2.05) is 18.7 Å². The molecular weight excluding hydrogens is 308 g/mol. The zero-order valence-corrected chi connectivity index (χ0v) is 14.0. The number of urea groups is 1. The van der Waals surface area contributed by atoms with Gasteiger partial charge in [0.1, 0.15) is 5.69 Å². The van der Waals surface area contributed by atoms with E-state index < -0.39 is 0 Å². The Morgan fingerprint density at radius 1 is 1.46 bits per heavy atom. The number of aromatic nitrogens is 4. The minimum atomic E-state index is 0.000443. The lowest BCUT2D eigenvalue weighted by atomic mass is 9.95. The Morgan fingerprint density at radius 3 is 3.08 bits per heavy atom.